The van der Waals surface area contributed by atoms with Gasteiger partial charge in [-0.3, -0.25) is 9.59 Å². The molecular weight excluding hydrogens is 410 g/mol. The first-order chi connectivity index (χ1) is 16.0. The molecule has 5 heteroatoms. The molecule has 2 atom stereocenters. The third-order valence-electron chi connectivity index (χ3n) is 6.63. The van der Waals surface area contributed by atoms with E-state index in [2.05, 4.69) is 47.1 Å². The first-order valence-electron chi connectivity index (χ1n) is 12.5. The minimum Gasteiger partial charge on any atom is -0.354 e. The fourth-order valence-electron chi connectivity index (χ4n) is 4.72. The van der Waals surface area contributed by atoms with Crippen molar-refractivity contribution < 1.29 is 9.59 Å². The van der Waals surface area contributed by atoms with Crippen LogP contribution in [0.25, 0.3) is 0 Å². The second kappa shape index (κ2) is 13.1. The maximum atomic E-state index is 12.5. The van der Waals surface area contributed by atoms with E-state index in [1.54, 1.807) is 6.92 Å². The number of amides is 2. The van der Waals surface area contributed by atoms with Gasteiger partial charge in [-0.2, -0.15) is 0 Å². The monoisotopic (exact) mass is 449 g/mol. The van der Waals surface area contributed by atoms with Crippen molar-refractivity contribution in [3.63, 3.8) is 0 Å². The molecule has 1 saturated carbocycles. The maximum absolute atomic E-state index is 12.5. The highest BCUT2D eigenvalue weighted by Gasteiger charge is 2.28. The van der Waals surface area contributed by atoms with E-state index < -0.39 is 0 Å². The van der Waals surface area contributed by atoms with Crippen LogP contribution in [0.3, 0.4) is 0 Å². The van der Waals surface area contributed by atoms with Crippen LogP contribution in [-0.2, 0) is 16.0 Å². The van der Waals surface area contributed by atoms with E-state index in [1.165, 1.54) is 43.2 Å². The van der Waals surface area contributed by atoms with Gasteiger partial charge in [-0.25, -0.2) is 0 Å². The van der Waals surface area contributed by atoms with Crippen LogP contribution in [0.2, 0.25) is 0 Å². The number of hydrogen-bond acceptors (Lipinski definition) is 3. The summed E-state index contributed by atoms with van der Waals surface area (Å²) >= 11 is 0. The number of benzene rings is 2. The average molecular weight is 450 g/mol. The van der Waals surface area contributed by atoms with E-state index in [0.717, 1.165) is 31.6 Å². The summed E-state index contributed by atoms with van der Waals surface area (Å²) in [4.78, 5) is 23.1. The summed E-state index contributed by atoms with van der Waals surface area (Å²) in [5.41, 5.74) is 3.55. The summed E-state index contributed by atoms with van der Waals surface area (Å²) in [6.07, 6.45) is 8.23. The number of para-hydroxylation sites is 1. The molecule has 2 amide bonds. The van der Waals surface area contributed by atoms with E-state index in [9.17, 15) is 9.59 Å². The molecule has 4 rings (SSSR count). The van der Waals surface area contributed by atoms with Crippen LogP contribution in [0.15, 0.2) is 54.6 Å². The summed E-state index contributed by atoms with van der Waals surface area (Å²) in [7, 11) is 0. The van der Waals surface area contributed by atoms with Crippen molar-refractivity contribution >= 4 is 17.5 Å². The molecule has 0 radical (unpaired) electrons. The van der Waals surface area contributed by atoms with Crippen LogP contribution in [0.5, 0.6) is 0 Å². The maximum Gasteiger partial charge on any atom is 0.228 e. The van der Waals surface area contributed by atoms with Crippen molar-refractivity contribution in [3.8, 4) is 0 Å². The van der Waals surface area contributed by atoms with Crippen molar-refractivity contribution in [2.75, 3.05) is 18.4 Å². The van der Waals surface area contributed by atoms with Gasteiger partial charge in [-0.05, 0) is 54.9 Å². The summed E-state index contributed by atoms with van der Waals surface area (Å²) in [5.74, 6) is 0.645. The lowest BCUT2D eigenvalue weighted by atomic mass is 9.85. The first kappa shape index (κ1) is 25.0. The van der Waals surface area contributed by atoms with Gasteiger partial charge in [0.25, 0.3) is 0 Å². The second-order valence-electron chi connectivity index (χ2n) is 9.27. The van der Waals surface area contributed by atoms with Crippen LogP contribution in [-0.4, -0.2) is 30.9 Å². The molecule has 2 fully saturated rings. The second-order valence-corrected chi connectivity index (χ2v) is 9.27. The standard InChI is InChI=1S/C20H24N2O.C8H15NO/c1-2-15-8-10-16(11-9-15)17-12-18(14-21-13-17)20(23)22-19-6-4-3-5-7-19;1-7(10)9-8-5-3-2-4-6-8/h3-11,17-18,21H,2,12-14H2,1H3,(H,22,23);8H,2-6H2,1H3,(H,9,10). The van der Waals surface area contributed by atoms with Gasteiger partial charge in [-0.1, -0.05) is 68.7 Å². The summed E-state index contributed by atoms with van der Waals surface area (Å²) in [6.45, 7) is 5.46. The fourth-order valence-corrected chi connectivity index (χ4v) is 4.72. The molecule has 1 saturated heterocycles. The largest absolute Gasteiger partial charge is 0.354 e. The van der Waals surface area contributed by atoms with Gasteiger partial charge in [0.2, 0.25) is 11.8 Å². The molecule has 33 heavy (non-hydrogen) atoms. The molecule has 3 N–H and O–H groups in total. The van der Waals surface area contributed by atoms with Crippen molar-refractivity contribution in [2.45, 2.75) is 70.8 Å². The minimum absolute atomic E-state index is 0.0137. The average Bonchev–Trinajstić information content (AvgIpc) is 2.85. The third kappa shape index (κ3) is 8.32. The quantitative estimate of drug-likeness (QED) is 0.599. The number of hydrogen-bond donors (Lipinski definition) is 3. The molecule has 2 aromatic carbocycles. The molecule has 1 aliphatic carbocycles. The SMILES string of the molecule is CC(=O)NC1CCCCC1.CCc1ccc(C2CNCC(C(=O)Nc3ccccc3)C2)cc1. The van der Waals surface area contributed by atoms with Gasteiger partial charge in [0.15, 0.2) is 0 Å². The molecule has 1 aliphatic heterocycles. The topological polar surface area (TPSA) is 70.2 Å². The molecule has 1 heterocycles. The molecule has 0 bridgehead atoms. The minimum atomic E-state index is 0.0137. The predicted octanol–water partition coefficient (Wildman–Crippen LogP) is 5.04. The Balaban J connectivity index is 0.000000257. The Morgan fingerprint density at radius 1 is 0.939 bits per heavy atom. The molecule has 2 aromatic rings. The van der Waals surface area contributed by atoms with E-state index in [0.29, 0.717) is 12.0 Å². The summed E-state index contributed by atoms with van der Waals surface area (Å²) in [6, 6.07) is 19.0. The van der Waals surface area contributed by atoms with E-state index in [-0.39, 0.29) is 17.7 Å². The van der Waals surface area contributed by atoms with Crippen LogP contribution in [0, 0.1) is 5.92 Å². The van der Waals surface area contributed by atoms with E-state index >= 15 is 0 Å². The molecule has 2 aliphatic rings. The number of rotatable bonds is 5. The summed E-state index contributed by atoms with van der Waals surface area (Å²) < 4.78 is 0. The Morgan fingerprint density at radius 2 is 1.64 bits per heavy atom. The predicted molar refractivity (Wildman–Crippen MR) is 135 cm³/mol. The molecule has 0 aromatic heterocycles. The Labute approximate surface area is 198 Å². The summed E-state index contributed by atoms with van der Waals surface area (Å²) in [5, 5.41) is 9.38. The Hall–Kier alpha value is -2.66. The van der Waals surface area contributed by atoms with Crippen LogP contribution in [0.4, 0.5) is 5.69 Å². The van der Waals surface area contributed by atoms with Crippen LogP contribution < -0.4 is 16.0 Å². The van der Waals surface area contributed by atoms with Crippen molar-refractivity contribution in [3.05, 3.63) is 65.7 Å². The smallest absolute Gasteiger partial charge is 0.228 e. The number of anilines is 1. The van der Waals surface area contributed by atoms with Gasteiger partial charge in [0.05, 0.1) is 5.92 Å². The van der Waals surface area contributed by atoms with E-state index in [1.807, 2.05) is 30.3 Å². The van der Waals surface area contributed by atoms with Gasteiger partial charge in [0, 0.05) is 31.7 Å². The number of aryl methyl sites for hydroxylation is 1. The van der Waals surface area contributed by atoms with Crippen molar-refractivity contribution in [1.82, 2.24) is 10.6 Å². The number of carbonyl (C=O) groups excluding carboxylic acids is 2. The highest BCUT2D eigenvalue weighted by molar-refractivity contribution is 5.92. The van der Waals surface area contributed by atoms with Crippen LogP contribution in [0.1, 0.15) is 69.4 Å². The molecule has 178 valence electrons. The highest BCUT2D eigenvalue weighted by Crippen LogP contribution is 2.27. The van der Waals surface area contributed by atoms with Gasteiger partial charge < -0.3 is 16.0 Å². The molecular formula is C28H39N3O2. The Kier molecular flexibility index (Phi) is 9.95. The van der Waals surface area contributed by atoms with Gasteiger partial charge in [0.1, 0.15) is 0 Å². The zero-order valence-electron chi connectivity index (χ0n) is 20.1. The highest BCUT2D eigenvalue weighted by atomic mass is 16.2. The van der Waals surface area contributed by atoms with E-state index in [4.69, 9.17) is 0 Å². The first-order valence-corrected chi connectivity index (χ1v) is 12.5. The zero-order chi connectivity index (χ0) is 23.5. The lowest BCUT2D eigenvalue weighted by Gasteiger charge is -2.29. The normalized spacial score (nSPS) is 20.8. The molecule has 2 unspecified atom stereocenters. The number of carbonyl (C=O) groups is 2. The number of piperidine rings is 1. The number of nitrogens with one attached hydrogen (secondary N) is 3. The van der Waals surface area contributed by atoms with Gasteiger partial charge in [-0.15, -0.1) is 0 Å². The molecule has 0 spiro atoms. The Bertz CT molecular complexity index is 860. The van der Waals surface area contributed by atoms with Crippen molar-refractivity contribution in [1.29, 1.82) is 0 Å². The fraction of sp³-hybridized carbons (Fsp3) is 0.500. The lowest BCUT2D eigenvalue weighted by molar-refractivity contribution is -0.121. The molecule has 5 nitrogen and oxygen atoms in total. The van der Waals surface area contributed by atoms with Crippen LogP contribution >= 0.6 is 0 Å². The lowest BCUT2D eigenvalue weighted by Crippen LogP contribution is -2.40. The Morgan fingerprint density at radius 3 is 2.27 bits per heavy atom. The zero-order valence-corrected chi connectivity index (χ0v) is 20.1. The van der Waals surface area contributed by atoms with Gasteiger partial charge >= 0.3 is 0 Å². The van der Waals surface area contributed by atoms with Crippen molar-refractivity contribution in [2.24, 2.45) is 5.92 Å². The third-order valence-corrected chi connectivity index (χ3v) is 6.63.